The lowest BCUT2D eigenvalue weighted by Gasteiger charge is -2.45. The second-order valence-corrected chi connectivity index (χ2v) is 16.7. The van der Waals surface area contributed by atoms with E-state index in [9.17, 15) is 27.6 Å². The summed E-state index contributed by atoms with van der Waals surface area (Å²) < 4.78 is 59.5. The number of hydrogen-bond acceptors (Lipinski definition) is 9. The second kappa shape index (κ2) is 19.7. The highest BCUT2D eigenvalue weighted by Crippen LogP contribution is 2.38. The molecule has 3 N–H and O–H groups in total. The number of alkyl halides is 3. The summed E-state index contributed by atoms with van der Waals surface area (Å²) in [4.78, 5) is 51.1. The van der Waals surface area contributed by atoms with E-state index in [4.69, 9.17) is 31.5 Å². The smallest absolute Gasteiger partial charge is 0.418 e. The molecule has 0 spiro atoms. The first-order valence-electron chi connectivity index (χ1n) is 21.1. The minimum absolute atomic E-state index is 0.0780. The van der Waals surface area contributed by atoms with Gasteiger partial charge >= 0.3 is 18.3 Å². The van der Waals surface area contributed by atoms with Gasteiger partial charge in [0.2, 0.25) is 0 Å². The summed E-state index contributed by atoms with van der Waals surface area (Å²) in [7, 11) is 0. The molecule has 0 bridgehead atoms. The number of amides is 4. The second-order valence-electron chi connectivity index (χ2n) is 16.3. The van der Waals surface area contributed by atoms with Crippen LogP contribution >= 0.6 is 11.6 Å². The van der Waals surface area contributed by atoms with Gasteiger partial charge < -0.3 is 40.0 Å². The number of urea groups is 1. The Hall–Kier alpha value is -3.83. The molecule has 5 heterocycles. The maximum atomic E-state index is 14.3. The molecule has 4 amide bonds. The molecule has 0 aromatic heterocycles. The Morgan fingerprint density at radius 3 is 2.37 bits per heavy atom. The van der Waals surface area contributed by atoms with Crippen LogP contribution in [0.5, 0.6) is 0 Å². The number of rotatable bonds is 11. The number of nitrogens with two attached hydrogens (primary N) is 1. The normalized spacial score (nSPS) is 22.4. The third kappa shape index (κ3) is 10.9. The van der Waals surface area contributed by atoms with E-state index in [0.717, 1.165) is 76.0 Å². The van der Waals surface area contributed by atoms with E-state index < -0.39 is 35.5 Å². The van der Waals surface area contributed by atoms with E-state index in [1.165, 1.54) is 11.0 Å². The number of carbonyl (C=O) groups excluding carboxylic acids is 3. The first kappa shape index (κ1) is 43.3. The standard InChI is InChI=1S/C42H57ClF3N7O6/c43-35-26-29(25-34(38(35)47)42(44,45)46)27-37(59-41(56)51-16-11-32(12-17-51)53-18-8-30-5-1-2-7-36(30)48-40(53)55)39(54)50-14-9-31(10-15-50)52-13-4-3-6-33(52)28-58-24-21-49-19-22-57-23-20-49/h1-2,5,7,25-26,31-33,37H,3-4,6,8-24,27-28,47H2,(H,48,55)/t33-,37+/m0/s1. The number of benzene rings is 2. The summed E-state index contributed by atoms with van der Waals surface area (Å²) in [5.41, 5.74) is 5.93. The van der Waals surface area contributed by atoms with Crippen LogP contribution in [-0.4, -0.2) is 152 Å². The fourth-order valence-electron chi connectivity index (χ4n) is 9.26. The highest BCUT2D eigenvalue weighted by atomic mass is 35.5. The van der Waals surface area contributed by atoms with E-state index in [1.807, 2.05) is 29.2 Å². The van der Waals surface area contributed by atoms with Gasteiger partial charge in [-0.1, -0.05) is 36.2 Å². The average Bonchev–Trinajstić information content (AvgIpc) is 3.41. The van der Waals surface area contributed by atoms with Gasteiger partial charge in [-0.25, -0.2) is 9.59 Å². The maximum Gasteiger partial charge on any atom is 0.418 e. The minimum Gasteiger partial charge on any atom is -0.436 e. The Kier molecular flexibility index (Phi) is 14.4. The van der Waals surface area contributed by atoms with Crippen LogP contribution in [0, 0.1) is 0 Å². The monoisotopic (exact) mass is 847 g/mol. The van der Waals surface area contributed by atoms with Gasteiger partial charge in [0.25, 0.3) is 5.91 Å². The molecule has 2 atom stereocenters. The van der Waals surface area contributed by atoms with Gasteiger partial charge in [0, 0.05) is 82.6 Å². The van der Waals surface area contributed by atoms with E-state index in [0.29, 0.717) is 71.0 Å². The van der Waals surface area contributed by atoms with Crippen LogP contribution in [0.15, 0.2) is 36.4 Å². The Labute approximate surface area is 349 Å². The lowest BCUT2D eigenvalue weighted by molar-refractivity contribution is -0.143. The molecule has 324 valence electrons. The average molecular weight is 848 g/mol. The summed E-state index contributed by atoms with van der Waals surface area (Å²) in [6.45, 7) is 8.47. The molecule has 59 heavy (non-hydrogen) atoms. The number of para-hydroxylation sites is 1. The molecular formula is C42H57ClF3N7O6. The Bertz CT molecular complexity index is 1770. The van der Waals surface area contributed by atoms with Crippen molar-refractivity contribution in [3.8, 4) is 0 Å². The van der Waals surface area contributed by atoms with Crippen LogP contribution in [-0.2, 0) is 38.0 Å². The molecule has 13 nitrogen and oxygen atoms in total. The fraction of sp³-hybridized carbons (Fsp3) is 0.643. The van der Waals surface area contributed by atoms with Crippen molar-refractivity contribution in [1.82, 2.24) is 24.5 Å². The topological polar surface area (TPSA) is 133 Å². The molecule has 4 fully saturated rings. The molecule has 0 radical (unpaired) electrons. The van der Waals surface area contributed by atoms with Crippen LogP contribution in [0.2, 0.25) is 5.02 Å². The Morgan fingerprint density at radius 1 is 0.915 bits per heavy atom. The number of nitrogens with zero attached hydrogens (tertiary/aromatic N) is 5. The number of morpholine rings is 1. The highest BCUT2D eigenvalue weighted by molar-refractivity contribution is 6.33. The van der Waals surface area contributed by atoms with Crippen molar-refractivity contribution < 1.29 is 41.8 Å². The molecule has 0 unspecified atom stereocenters. The number of carbonyl (C=O) groups is 3. The van der Waals surface area contributed by atoms with Gasteiger partial charge in [-0.2, -0.15) is 13.2 Å². The van der Waals surface area contributed by atoms with Crippen LogP contribution < -0.4 is 11.1 Å². The van der Waals surface area contributed by atoms with Crippen molar-refractivity contribution in [2.75, 3.05) is 96.4 Å². The van der Waals surface area contributed by atoms with Gasteiger partial charge in [0.15, 0.2) is 6.10 Å². The van der Waals surface area contributed by atoms with E-state index in [-0.39, 0.29) is 48.2 Å². The third-order valence-corrected chi connectivity index (χ3v) is 12.9. The van der Waals surface area contributed by atoms with E-state index in [1.54, 1.807) is 4.90 Å². The Morgan fingerprint density at radius 2 is 1.63 bits per heavy atom. The number of anilines is 2. The first-order chi connectivity index (χ1) is 28.4. The summed E-state index contributed by atoms with van der Waals surface area (Å²) in [5.74, 6) is -0.462. The van der Waals surface area contributed by atoms with Crippen molar-refractivity contribution in [2.24, 2.45) is 0 Å². The first-order valence-corrected chi connectivity index (χ1v) is 21.5. The zero-order valence-corrected chi connectivity index (χ0v) is 34.4. The summed E-state index contributed by atoms with van der Waals surface area (Å²) in [6.07, 6.45) is -0.784. The predicted octanol–water partition coefficient (Wildman–Crippen LogP) is 5.74. The van der Waals surface area contributed by atoms with Gasteiger partial charge in [0.1, 0.15) is 0 Å². The van der Waals surface area contributed by atoms with Gasteiger partial charge in [-0.15, -0.1) is 0 Å². The number of nitrogen functional groups attached to an aromatic ring is 1. The van der Waals surface area contributed by atoms with Gasteiger partial charge in [-0.05, 0) is 80.8 Å². The molecule has 2 aromatic rings. The summed E-state index contributed by atoms with van der Waals surface area (Å²) >= 11 is 6.18. The molecule has 7 rings (SSSR count). The molecule has 0 saturated carbocycles. The van der Waals surface area contributed by atoms with E-state index in [2.05, 4.69) is 15.1 Å². The highest BCUT2D eigenvalue weighted by Gasteiger charge is 2.39. The number of fused-ring (bicyclic) bond motifs is 1. The number of halogens is 4. The number of piperidine rings is 3. The minimum atomic E-state index is -4.78. The maximum absolute atomic E-state index is 14.3. The lowest BCUT2D eigenvalue weighted by Crippen LogP contribution is -2.55. The summed E-state index contributed by atoms with van der Waals surface area (Å²) in [5, 5.41) is 2.71. The fourth-order valence-corrected chi connectivity index (χ4v) is 9.50. The number of hydrogen-bond donors (Lipinski definition) is 2. The SMILES string of the molecule is Nc1c(Cl)cc(C[C@@H](OC(=O)N2CCC(N3CCc4ccccc4NC3=O)CC2)C(=O)N2CCC(N3CCCC[C@H]3COCCN3CCOCC3)CC2)cc1C(F)(F)F. The zero-order valence-electron chi connectivity index (χ0n) is 33.6. The van der Waals surface area contributed by atoms with E-state index >= 15 is 0 Å². The van der Waals surface area contributed by atoms with Crippen molar-refractivity contribution in [3.63, 3.8) is 0 Å². The summed E-state index contributed by atoms with van der Waals surface area (Å²) in [6, 6.07) is 10.1. The largest absolute Gasteiger partial charge is 0.436 e. The van der Waals surface area contributed by atoms with Crippen molar-refractivity contribution >= 4 is 41.0 Å². The molecule has 5 aliphatic heterocycles. The van der Waals surface area contributed by atoms with Crippen LogP contribution in [0.3, 0.4) is 0 Å². The quantitative estimate of drug-likeness (QED) is 0.215. The molecular weight excluding hydrogens is 791 g/mol. The lowest BCUT2D eigenvalue weighted by atomic mass is 9.95. The van der Waals surface area contributed by atoms with Crippen LogP contribution in [0.1, 0.15) is 61.6 Å². The Balaban J connectivity index is 0.976. The molecule has 0 aliphatic carbocycles. The number of nitrogens with one attached hydrogen (secondary N) is 1. The zero-order chi connectivity index (χ0) is 41.5. The molecule has 2 aromatic carbocycles. The van der Waals surface area contributed by atoms with Crippen LogP contribution in [0.4, 0.5) is 34.1 Å². The van der Waals surface area contributed by atoms with Gasteiger partial charge in [0.05, 0.1) is 42.7 Å². The molecule has 4 saturated heterocycles. The number of ether oxygens (including phenoxy) is 3. The third-order valence-electron chi connectivity index (χ3n) is 12.6. The predicted molar refractivity (Wildman–Crippen MR) is 217 cm³/mol. The van der Waals surface area contributed by atoms with Crippen molar-refractivity contribution in [3.05, 3.63) is 58.1 Å². The number of likely N-dealkylation sites (tertiary alicyclic amines) is 3. The van der Waals surface area contributed by atoms with Crippen molar-refractivity contribution in [2.45, 2.75) is 88.2 Å². The molecule has 5 aliphatic rings. The molecule has 17 heteroatoms. The van der Waals surface area contributed by atoms with Crippen LogP contribution in [0.25, 0.3) is 0 Å². The van der Waals surface area contributed by atoms with Crippen molar-refractivity contribution in [1.29, 1.82) is 0 Å². The van der Waals surface area contributed by atoms with Gasteiger partial charge in [-0.3, -0.25) is 14.6 Å².